The van der Waals surface area contributed by atoms with E-state index in [0.29, 0.717) is 18.0 Å². The van der Waals surface area contributed by atoms with Crippen molar-refractivity contribution in [1.82, 2.24) is 10.3 Å². The Morgan fingerprint density at radius 2 is 2.25 bits per heavy atom. The number of methoxy groups -OCH3 is 1. The molecule has 6 heteroatoms. The maximum Gasteiger partial charge on any atom is 0.354 e. The molecule has 108 valence electrons. The lowest BCUT2D eigenvalue weighted by atomic mass is 10.1. The SMILES string of the molecule is COC1CCCC1CNC(=O)c1ccc(C(=O)O)nc1. The van der Waals surface area contributed by atoms with Crippen molar-refractivity contribution in [2.24, 2.45) is 5.92 Å². The number of amides is 1. The lowest BCUT2D eigenvalue weighted by Crippen LogP contribution is -2.33. The summed E-state index contributed by atoms with van der Waals surface area (Å²) in [6.45, 7) is 0.567. The largest absolute Gasteiger partial charge is 0.477 e. The van der Waals surface area contributed by atoms with Gasteiger partial charge in [-0.1, -0.05) is 6.42 Å². The molecule has 1 fully saturated rings. The van der Waals surface area contributed by atoms with E-state index in [2.05, 4.69) is 10.3 Å². The number of hydrogen-bond donors (Lipinski definition) is 2. The van der Waals surface area contributed by atoms with Crippen molar-refractivity contribution < 1.29 is 19.4 Å². The van der Waals surface area contributed by atoms with Crippen LogP contribution in [0, 0.1) is 5.92 Å². The molecule has 2 atom stereocenters. The fourth-order valence-electron chi connectivity index (χ4n) is 2.53. The highest BCUT2D eigenvalue weighted by molar-refractivity contribution is 5.94. The van der Waals surface area contributed by atoms with Crippen LogP contribution >= 0.6 is 0 Å². The highest BCUT2D eigenvalue weighted by Gasteiger charge is 2.27. The monoisotopic (exact) mass is 278 g/mol. The van der Waals surface area contributed by atoms with Gasteiger partial charge in [-0.2, -0.15) is 0 Å². The van der Waals surface area contributed by atoms with Crippen molar-refractivity contribution in [3.63, 3.8) is 0 Å². The summed E-state index contributed by atoms with van der Waals surface area (Å²) in [5.74, 6) is -1.00. The van der Waals surface area contributed by atoms with Gasteiger partial charge in [-0.3, -0.25) is 4.79 Å². The molecule has 1 heterocycles. The summed E-state index contributed by atoms with van der Waals surface area (Å²) in [5.41, 5.74) is 0.291. The molecule has 1 aliphatic carbocycles. The molecule has 0 saturated heterocycles. The van der Waals surface area contributed by atoms with E-state index in [1.54, 1.807) is 7.11 Å². The van der Waals surface area contributed by atoms with Gasteiger partial charge >= 0.3 is 5.97 Å². The molecule has 0 radical (unpaired) electrons. The Hall–Kier alpha value is -1.95. The number of carboxylic acids is 1. The number of hydrogen-bond acceptors (Lipinski definition) is 4. The van der Waals surface area contributed by atoms with Crippen LogP contribution in [0.25, 0.3) is 0 Å². The quantitative estimate of drug-likeness (QED) is 0.848. The summed E-state index contributed by atoms with van der Waals surface area (Å²) in [5, 5.41) is 11.6. The van der Waals surface area contributed by atoms with Gasteiger partial charge in [-0.15, -0.1) is 0 Å². The maximum absolute atomic E-state index is 11.9. The molecular weight excluding hydrogens is 260 g/mol. The third kappa shape index (κ3) is 3.33. The molecule has 1 aromatic heterocycles. The first-order valence-electron chi connectivity index (χ1n) is 6.62. The van der Waals surface area contributed by atoms with E-state index >= 15 is 0 Å². The van der Waals surface area contributed by atoms with E-state index in [0.717, 1.165) is 19.3 Å². The summed E-state index contributed by atoms with van der Waals surface area (Å²) in [6, 6.07) is 2.79. The zero-order valence-corrected chi connectivity index (χ0v) is 11.3. The second-order valence-corrected chi connectivity index (χ2v) is 4.91. The first-order valence-corrected chi connectivity index (χ1v) is 6.62. The molecule has 2 unspecified atom stereocenters. The number of aromatic nitrogens is 1. The summed E-state index contributed by atoms with van der Waals surface area (Å²) in [7, 11) is 1.69. The van der Waals surface area contributed by atoms with Crippen LogP contribution in [0.1, 0.15) is 40.1 Å². The van der Waals surface area contributed by atoms with Gasteiger partial charge in [0.1, 0.15) is 5.69 Å². The van der Waals surface area contributed by atoms with Crippen LogP contribution in [0.3, 0.4) is 0 Å². The van der Waals surface area contributed by atoms with Gasteiger partial charge in [-0.25, -0.2) is 9.78 Å². The van der Waals surface area contributed by atoms with E-state index in [-0.39, 0.29) is 17.7 Å². The summed E-state index contributed by atoms with van der Waals surface area (Å²) >= 11 is 0. The molecule has 0 bridgehead atoms. The third-order valence-corrected chi connectivity index (χ3v) is 3.66. The minimum Gasteiger partial charge on any atom is -0.477 e. The first kappa shape index (κ1) is 14.5. The number of carboxylic acid groups (broad SMARTS) is 1. The molecule has 1 saturated carbocycles. The summed E-state index contributed by atoms with van der Waals surface area (Å²) in [4.78, 5) is 26.3. The molecule has 2 N–H and O–H groups in total. The number of rotatable bonds is 5. The van der Waals surface area contributed by atoms with Crippen LogP contribution in [0.5, 0.6) is 0 Å². The van der Waals surface area contributed by atoms with Crippen molar-refractivity contribution in [3.05, 3.63) is 29.6 Å². The Kier molecular flexibility index (Phi) is 4.68. The molecule has 1 aliphatic rings. The molecule has 6 nitrogen and oxygen atoms in total. The van der Waals surface area contributed by atoms with Crippen LogP contribution in [-0.2, 0) is 4.74 Å². The van der Waals surface area contributed by atoms with E-state index in [9.17, 15) is 9.59 Å². The van der Waals surface area contributed by atoms with Gasteiger partial charge in [0.2, 0.25) is 0 Å². The first-order chi connectivity index (χ1) is 9.61. The molecule has 0 aromatic carbocycles. The average Bonchev–Trinajstić information content (AvgIpc) is 2.92. The van der Waals surface area contributed by atoms with E-state index in [1.165, 1.54) is 18.3 Å². The topological polar surface area (TPSA) is 88.5 Å². The van der Waals surface area contributed by atoms with Crippen LogP contribution in [-0.4, -0.2) is 41.7 Å². The predicted molar refractivity (Wildman–Crippen MR) is 71.7 cm³/mol. The van der Waals surface area contributed by atoms with Gasteiger partial charge < -0.3 is 15.2 Å². The second-order valence-electron chi connectivity index (χ2n) is 4.91. The molecular formula is C14H18N2O4. The van der Waals surface area contributed by atoms with Gasteiger partial charge in [-0.05, 0) is 25.0 Å². The van der Waals surface area contributed by atoms with Gasteiger partial charge in [0.25, 0.3) is 5.91 Å². The van der Waals surface area contributed by atoms with E-state index < -0.39 is 5.97 Å². The fraction of sp³-hybridized carbons (Fsp3) is 0.500. The number of nitrogens with zero attached hydrogens (tertiary/aromatic N) is 1. The molecule has 0 spiro atoms. The van der Waals surface area contributed by atoms with Crippen LogP contribution < -0.4 is 5.32 Å². The van der Waals surface area contributed by atoms with Crippen molar-refractivity contribution in [2.75, 3.05) is 13.7 Å². The number of carbonyl (C=O) groups is 2. The Labute approximate surface area is 117 Å². The lowest BCUT2D eigenvalue weighted by molar-refractivity contribution is 0.0677. The van der Waals surface area contributed by atoms with Crippen molar-refractivity contribution in [2.45, 2.75) is 25.4 Å². The smallest absolute Gasteiger partial charge is 0.354 e. The minimum absolute atomic E-state index is 0.0724. The van der Waals surface area contributed by atoms with Crippen molar-refractivity contribution in [3.8, 4) is 0 Å². The Morgan fingerprint density at radius 3 is 2.85 bits per heavy atom. The molecule has 2 rings (SSSR count). The van der Waals surface area contributed by atoms with Gasteiger partial charge in [0.05, 0.1) is 11.7 Å². The predicted octanol–water partition coefficient (Wildman–Crippen LogP) is 1.32. The Bertz CT molecular complexity index is 486. The zero-order chi connectivity index (χ0) is 14.5. The van der Waals surface area contributed by atoms with E-state index in [1.807, 2.05) is 0 Å². The average molecular weight is 278 g/mol. The third-order valence-electron chi connectivity index (χ3n) is 3.66. The fourth-order valence-corrected chi connectivity index (χ4v) is 2.53. The van der Waals surface area contributed by atoms with Crippen molar-refractivity contribution >= 4 is 11.9 Å². The maximum atomic E-state index is 11.9. The van der Waals surface area contributed by atoms with Gasteiger partial charge in [0, 0.05) is 25.8 Å². The summed E-state index contributed by atoms with van der Waals surface area (Å²) < 4.78 is 5.37. The van der Waals surface area contributed by atoms with Gasteiger partial charge in [0.15, 0.2) is 0 Å². The minimum atomic E-state index is -1.11. The Balaban J connectivity index is 1.90. The normalized spacial score (nSPS) is 21.6. The van der Waals surface area contributed by atoms with E-state index in [4.69, 9.17) is 9.84 Å². The number of ether oxygens (including phenoxy) is 1. The van der Waals surface area contributed by atoms with Crippen LogP contribution in [0.4, 0.5) is 0 Å². The van der Waals surface area contributed by atoms with Crippen molar-refractivity contribution in [1.29, 1.82) is 0 Å². The number of pyridine rings is 1. The summed E-state index contributed by atoms with van der Waals surface area (Å²) in [6.07, 6.45) is 4.69. The Morgan fingerprint density at radius 1 is 1.45 bits per heavy atom. The zero-order valence-electron chi connectivity index (χ0n) is 11.3. The highest BCUT2D eigenvalue weighted by atomic mass is 16.5. The number of carbonyl (C=O) groups excluding carboxylic acids is 1. The number of aromatic carboxylic acids is 1. The standard InChI is InChI=1S/C14H18N2O4/c1-20-12-4-2-3-9(12)7-16-13(17)10-5-6-11(14(18)19)15-8-10/h5-6,8-9,12H,2-4,7H2,1H3,(H,16,17)(H,18,19). The number of nitrogens with one attached hydrogen (secondary N) is 1. The lowest BCUT2D eigenvalue weighted by Gasteiger charge is -2.18. The van der Waals surface area contributed by atoms with Crippen LogP contribution in [0.15, 0.2) is 18.3 Å². The molecule has 1 amide bonds. The molecule has 0 aliphatic heterocycles. The van der Waals surface area contributed by atoms with Crippen LogP contribution in [0.2, 0.25) is 0 Å². The molecule has 20 heavy (non-hydrogen) atoms. The second kappa shape index (κ2) is 6.47. The molecule has 1 aromatic rings. The highest BCUT2D eigenvalue weighted by Crippen LogP contribution is 2.27.